The summed E-state index contributed by atoms with van der Waals surface area (Å²) in [7, 11) is 2.63. The highest BCUT2D eigenvalue weighted by Crippen LogP contribution is 2.25. The van der Waals surface area contributed by atoms with Crippen molar-refractivity contribution >= 4 is 9.24 Å². The van der Waals surface area contributed by atoms with Gasteiger partial charge in [-0.3, -0.25) is 0 Å². The summed E-state index contributed by atoms with van der Waals surface area (Å²) in [5.74, 6) is 3.00. The van der Waals surface area contributed by atoms with Gasteiger partial charge in [0.25, 0.3) is 0 Å². The Kier molecular flexibility index (Phi) is 2.55. The molecule has 0 amide bonds. The summed E-state index contributed by atoms with van der Waals surface area (Å²) in [6.07, 6.45) is 8.03. The van der Waals surface area contributed by atoms with Gasteiger partial charge in [0.1, 0.15) is 0 Å². The summed E-state index contributed by atoms with van der Waals surface area (Å²) in [5, 5.41) is 0. The molecule has 46 valence electrons. The Hall–Kier alpha value is 0.170. The molecule has 0 aromatic carbocycles. The first-order valence-electron chi connectivity index (χ1n) is 3.32. The molecule has 0 heterocycles. The Bertz CT molecular complexity index is 80.4. The van der Waals surface area contributed by atoms with E-state index in [1.165, 1.54) is 25.7 Å². The second-order valence-corrected chi connectivity index (χ2v) is 2.81. The van der Waals surface area contributed by atoms with Crippen LogP contribution in [-0.2, 0) is 0 Å². The summed E-state index contributed by atoms with van der Waals surface area (Å²) < 4.78 is 0. The maximum Gasteiger partial charge on any atom is -0.0230 e. The molecular formula is C7H13P. The zero-order valence-corrected chi connectivity index (χ0v) is 6.29. The Morgan fingerprint density at radius 3 is 2.38 bits per heavy atom. The number of allylic oxidation sites excluding steroid dienone is 1. The van der Waals surface area contributed by atoms with Gasteiger partial charge in [-0.25, -0.2) is 0 Å². The van der Waals surface area contributed by atoms with Crippen molar-refractivity contribution in [1.29, 1.82) is 0 Å². The van der Waals surface area contributed by atoms with E-state index in [2.05, 4.69) is 21.1 Å². The van der Waals surface area contributed by atoms with Crippen molar-refractivity contribution in [3.8, 4) is 0 Å². The van der Waals surface area contributed by atoms with E-state index in [0.717, 1.165) is 5.92 Å². The minimum atomic E-state index is 0.910. The molecule has 1 heteroatoms. The van der Waals surface area contributed by atoms with Gasteiger partial charge in [0.05, 0.1) is 0 Å². The zero-order valence-electron chi connectivity index (χ0n) is 5.14. The summed E-state index contributed by atoms with van der Waals surface area (Å²) in [4.78, 5) is 0. The monoisotopic (exact) mass is 128 g/mol. The van der Waals surface area contributed by atoms with Crippen LogP contribution in [-0.4, -0.2) is 0 Å². The third kappa shape index (κ3) is 1.59. The summed E-state index contributed by atoms with van der Waals surface area (Å²) >= 11 is 0. The van der Waals surface area contributed by atoms with Crippen molar-refractivity contribution in [1.82, 2.24) is 0 Å². The highest BCUT2D eigenvalue weighted by molar-refractivity contribution is 7.20. The Labute approximate surface area is 53.6 Å². The van der Waals surface area contributed by atoms with Gasteiger partial charge in [-0.1, -0.05) is 24.7 Å². The van der Waals surface area contributed by atoms with Crippen LogP contribution in [0.25, 0.3) is 0 Å². The molecule has 0 saturated heterocycles. The molecule has 1 aliphatic rings. The lowest BCUT2D eigenvalue weighted by atomic mass is 10.1. The quantitative estimate of drug-likeness (QED) is 0.476. The number of rotatable bonds is 1. The summed E-state index contributed by atoms with van der Waals surface area (Å²) in [5.41, 5.74) is 0. The van der Waals surface area contributed by atoms with E-state index in [4.69, 9.17) is 0 Å². The predicted molar refractivity (Wildman–Crippen MR) is 40.8 cm³/mol. The Morgan fingerprint density at radius 2 is 1.88 bits per heavy atom. The average Bonchev–Trinajstić information content (AvgIpc) is 2.19. The zero-order chi connectivity index (χ0) is 5.82. The minimum absolute atomic E-state index is 0.910. The molecule has 0 spiro atoms. The van der Waals surface area contributed by atoms with Gasteiger partial charge in [0.2, 0.25) is 0 Å². The van der Waals surface area contributed by atoms with Crippen LogP contribution in [0.3, 0.4) is 0 Å². The van der Waals surface area contributed by atoms with E-state index >= 15 is 0 Å². The molecule has 1 saturated carbocycles. The second kappa shape index (κ2) is 3.25. The molecule has 1 unspecified atom stereocenters. The van der Waals surface area contributed by atoms with E-state index < -0.39 is 0 Å². The van der Waals surface area contributed by atoms with Gasteiger partial charge in [0.15, 0.2) is 0 Å². The molecule has 0 nitrogen and oxygen atoms in total. The average molecular weight is 128 g/mol. The van der Waals surface area contributed by atoms with Gasteiger partial charge >= 0.3 is 0 Å². The molecule has 1 fully saturated rings. The third-order valence-electron chi connectivity index (χ3n) is 1.78. The van der Waals surface area contributed by atoms with E-state index in [-0.39, 0.29) is 0 Å². The largest absolute Gasteiger partial charge is 0.114 e. The van der Waals surface area contributed by atoms with Gasteiger partial charge in [-0.05, 0) is 18.8 Å². The highest BCUT2D eigenvalue weighted by atomic mass is 31.0. The molecule has 0 bridgehead atoms. The molecule has 0 aromatic heterocycles. The molecule has 0 aliphatic heterocycles. The molecule has 0 N–H and O–H groups in total. The fourth-order valence-electron chi connectivity index (χ4n) is 1.31. The van der Waals surface area contributed by atoms with Gasteiger partial charge in [-0.15, -0.1) is 9.24 Å². The van der Waals surface area contributed by atoms with Gasteiger partial charge in [-0.2, -0.15) is 0 Å². The molecular weight excluding hydrogens is 115 g/mol. The summed E-state index contributed by atoms with van der Waals surface area (Å²) in [6, 6.07) is 0. The smallest absolute Gasteiger partial charge is 0.0230 e. The first-order valence-corrected chi connectivity index (χ1v) is 3.98. The standard InChI is InChI=1S/C7H13P/c8-6-5-7-3-1-2-4-7/h5-7H,1-4,8H2/b6-5+. The normalized spacial score (nSPS) is 23.1. The molecule has 1 aliphatic carbocycles. The number of hydrogen-bond donors (Lipinski definition) is 0. The van der Waals surface area contributed by atoms with E-state index in [1.807, 2.05) is 0 Å². The fourth-order valence-corrected chi connectivity index (χ4v) is 1.62. The van der Waals surface area contributed by atoms with Crippen molar-refractivity contribution in [2.24, 2.45) is 5.92 Å². The Morgan fingerprint density at radius 1 is 1.25 bits per heavy atom. The first-order chi connectivity index (χ1) is 3.93. The van der Waals surface area contributed by atoms with Gasteiger partial charge < -0.3 is 0 Å². The summed E-state index contributed by atoms with van der Waals surface area (Å²) in [6.45, 7) is 0. The van der Waals surface area contributed by atoms with Crippen LogP contribution >= 0.6 is 9.24 Å². The lowest BCUT2D eigenvalue weighted by molar-refractivity contribution is 0.687. The SMILES string of the molecule is P/C=C/C1CCCC1. The van der Waals surface area contributed by atoms with E-state index in [9.17, 15) is 0 Å². The fraction of sp³-hybridized carbons (Fsp3) is 0.714. The topological polar surface area (TPSA) is 0 Å². The first kappa shape index (κ1) is 6.29. The third-order valence-corrected chi connectivity index (χ3v) is 2.01. The van der Waals surface area contributed by atoms with Crippen LogP contribution in [0.4, 0.5) is 0 Å². The molecule has 1 rings (SSSR count). The maximum absolute atomic E-state index is 2.63. The molecule has 1 atom stereocenters. The van der Waals surface area contributed by atoms with Crippen LogP contribution in [0, 0.1) is 5.92 Å². The van der Waals surface area contributed by atoms with E-state index in [1.54, 1.807) is 0 Å². The minimum Gasteiger partial charge on any atom is -0.114 e. The molecule has 8 heavy (non-hydrogen) atoms. The van der Waals surface area contributed by atoms with Crippen molar-refractivity contribution in [3.63, 3.8) is 0 Å². The van der Waals surface area contributed by atoms with Crippen LogP contribution < -0.4 is 0 Å². The van der Waals surface area contributed by atoms with Crippen molar-refractivity contribution < 1.29 is 0 Å². The van der Waals surface area contributed by atoms with E-state index in [0.29, 0.717) is 0 Å². The van der Waals surface area contributed by atoms with Crippen molar-refractivity contribution in [3.05, 3.63) is 11.9 Å². The van der Waals surface area contributed by atoms with Crippen LogP contribution in [0.2, 0.25) is 0 Å². The molecule has 0 radical (unpaired) electrons. The maximum atomic E-state index is 2.63. The predicted octanol–water partition coefficient (Wildman–Crippen LogP) is 2.57. The van der Waals surface area contributed by atoms with Crippen LogP contribution in [0.1, 0.15) is 25.7 Å². The van der Waals surface area contributed by atoms with Crippen LogP contribution in [0.15, 0.2) is 11.9 Å². The van der Waals surface area contributed by atoms with Crippen LogP contribution in [0.5, 0.6) is 0 Å². The number of hydrogen-bond acceptors (Lipinski definition) is 0. The lowest BCUT2D eigenvalue weighted by Crippen LogP contribution is -1.82. The highest BCUT2D eigenvalue weighted by Gasteiger charge is 2.09. The van der Waals surface area contributed by atoms with Crippen molar-refractivity contribution in [2.75, 3.05) is 0 Å². The Balaban J connectivity index is 2.24. The lowest BCUT2D eigenvalue weighted by Gasteiger charge is -1.96. The second-order valence-electron chi connectivity index (χ2n) is 2.43. The van der Waals surface area contributed by atoms with Gasteiger partial charge in [0, 0.05) is 0 Å². The molecule has 0 aromatic rings. The van der Waals surface area contributed by atoms with Crippen molar-refractivity contribution in [2.45, 2.75) is 25.7 Å².